The van der Waals surface area contributed by atoms with Crippen LogP contribution in [0.4, 0.5) is 23.8 Å². The summed E-state index contributed by atoms with van der Waals surface area (Å²) in [6, 6.07) is 3.10. The number of halogens is 3. The molecule has 3 aliphatic heterocycles. The average Bonchev–Trinajstić information content (AvgIpc) is 3.03. The van der Waals surface area contributed by atoms with E-state index in [4.69, 9.17) is 14.2 Å². The molecule has 1 aromatic carbocycles. The zero-order valence-corrected chi connectivity index (χ0v) is 30.1. The molecule has 3 fully saturated rings. The molecular formula is C34H48F3N7O5S. The van der Waals surface area contributed by atoms with Crippen LogP contribution in [0, 0.1) is 11.2 Å². The van der Waals surface area contributed by atoms with Crippen LogP contribution >= 0.6 is 12.1 Å². The molecule has 3 saturated heterocycles. The van der Waals surface area contributed by atoms with Crippen LogP contribution in [0.15, 0.2) is 30.7 Å². The number of benzene rings is 1. The van der Waals surface area contributed by atoms with Gasteiger partial charge in [-0.25, -0.2) is 32.7 Å². The highest BCUT2D eigenvalue weighted by Crippen LogP contribution is 2.45. The van der Waals surface area contributed by atoms with Crippen molar-refractivity contribution in [1.82, 2.24) is 29.2 Å². The minimum absolute atomic E-state index is 0.0409. The van der Waals surface area contributed by atoms with E-state index in [9.17, 15) is 22.8 Å². The van der Waals surface area contributed by atoms with Gasteiger partial charge in [0.1, 0.15) is 23.5 Å². The summed E-state index contributed by atoms with van der Waals surface area (Å²) in [7, 11) is 0. The van der Waals surface area contributed by atoms with Gasteiger partial charge in [0.2, 0.25) is 0 Å². The Morgan fingerprint density at radius 2 is 1.90 bits per heavy atom. The molecule has 2 amide bonds. The molecule has 3 aliphatic rings. The fraction of sp³-hybridized carbons (Fsp3) is 0.647. The summed E-state index contributed by atoms with van der Waals surface area (Å²) in [5.74, 6) is -0.528. The van der Waals surface area contributed by atoms with E-state index < -0.39 is 42.4 Å². The number of alkyl halides is 2. The Morgan fingerprint density at radius 1 is 1.16 bits per heavy atom. The van der Waals surface area contributed by atoms with Crippen molar-refractivity contribution in [3.05, 3.63) is 42.1 Å². The van der Waals surface area contributed by atoms with Gasteiger partial charge >= 0.3 is 6.09 Å². The molecule has 1 aromatic heterocycles. The summed E-state index contributed by atoms with van der Waals surface area (Å²) < 4.78 is 64.2. The normalized spacial score (nSPS) is 20.9. The van der Waals surface area contributed by atoms with Crippen molar-refractivity contribution >= 4 is 30.0 Å². The number of hydrogen-bond acceptors (Lipinski definition) is 11. The van der Waals surface area contributed by atoms with Gasteiger partial charge in [-0.1, -0.05) is 0 Å². The number of amides is 2. The third-order valence-corrected chi connectivity index (χ3v) is 9.85. The number of anilines is 1. The first-order valence-electron chi connectivity index (χ1n) is 17.1. The van der Waals surface area contributed by atoms with Crippen LogP contribution in [0.5, 0.6) is 11.5 Å². The highest BCUT2D eigenvalue weighted by molar-refractivity contribution is 7.96. The van der Waals surface area contributed by atoms with Crippen LogP contribution in [0.1, 0.15) is 70.7 Å². The molecule has 4 heterocycles. The Hall–Kier alpha value is -3.34. The van der Waals surface area contributed by atoms with Crippen molar-refractivity contribution in [3.63, 3.8) is 0 Å². The lowest BCUT2D eigenvalue weighted by molar-refractivity contribution is -0.0296. The first-order valence-corrected chi connectivity index (χ1v) is 17.9. The second-order valence-electron chi connectivity index (χ2n) is 14.6. The molecule has 0 unspecified atom stereocenters. The Kier molecular flexibility index (Phi) is 12.4. The molecule has 276 valence electrons. The molecule has 50 heavy (non-hydrogen) atoms. The number of carbonyl (C=O) groups excluding carboxylic acids is 2. The number of nitrogens with one attached hydrogen (secondary N) is 2. The minimum Gasteiger partial charge on any atom is -0.451 e. The molecule has 2 N–H and O–H groups in total. The van der Waals surface area contributed by atoms with Gasteiger partial charge in [0.05, 0.1) is 31.0 Å². The van der Waals surface area contributed by atoms with Gasteiger partial charge in [-0.05, 0) is 91.6 Å². The number of piperidine rings is 1. The lowest BCUT2D eigenvalue weighted by Gasteiger charge is -2.54. The number of hydrogen-bond donors (Lipinski definition) is 2. The van der Waals surface area contributed by atoms with Crippen molar-refractivity contribution < 1.29 is 37.0 Å². The average molecular weight is 724 g/mol. The summed E-state index contributed by atoms with van der Waals surface area (Å²) in [5.41, 5.74) is -0.553. The van der Waals surface area contributed by atoms with Crippen molar-refractivity contribution in [2.24, 2.45) is 5.41 Å². The summed E-state index contributed by atoms with van der Waals surface area (Å²) >= 11 is 1.12. The van der Waals surface area contributed by atoms with E-state index in [1.165, 1.54) is 18.6 Å². The molecule has 5 rings (SSSR count). The zero-order valence-electron chi connectivity index (χ0n) is 29.3. The van der Waals surface area contributed by atoms with Gasteiger partial charge in [-0.15, -0.1) is 0 Å². The number of carbonyl (C=O) groups is 2. The van der Waals surface area contributed by atoms with Crippen LogP contribution in [0.3, 0.4) is 0 Å². The van der Waals surface area contributed by atoms with Crippen LogP contribution in [-0.4, -0.2) is 108 Å². The Bertz CT molecular complexity index is 1460. The van der Waals surface area contributed by atoms with Crippen molar-refractivity contribution in [3.8, 4) is 11.5 Å². The van der Waals surface area contributed by atoms with Crippen LogP contribution < -0.4 is 19.1 Å². The second kappa shape index (κ2) is 16.3. The highest BCUT2D eigenvalue weighted by atomic mass is 32.2. The SMILES string of the molecule is CC(C)N(CC(F)F)C(=O)c1cc(F)ccc1Oc1cncnc1N1CC2(CCN(C[C@@H]3CC[C@@H](NSNC(=O)OC(C)(C)C)CO3)CC2)C1. The van der Waals surface area contributed by atoms with Crippen LogP contribution in [0.2, 0.25) is 0 Å². The Labute approximate surface area is 296 Å². The zero-order chi connectivity index (χ0) is 36.1. The fourth-order valence-corrected chi connectivity index (χ4v) is 7.09. The number of aromatic nitrogens is 2. The van der Waals surface area contributed by atoms with Gasteiger partial charge in [0.15, 0.2) is 11.6 Å². The number of rotatable bonds is 12. The topological polar surface area (TPSA) is 121 Å². The van der Waals surface area contributed by atoms with E-state index in [1.54, 1.807) is 13.8 Å². The maximum atomic E-state index is 14.3. The van der Waals surface area contributed by atoms with Crippen LogP contribution in [0.25, 0.3) is 0 Å². The monoisotopic (exact) mass is 723 g/mol. The maximum Gasteiger partial charge on any atom is 0.418 e. The third kappa shape index (κ3) is 10.1. The molecule has 2 aromatic rings. The predicted octanol–water partition coefficient (Wildman–Crippen LogP) is 5.65. The molecule has 2 atom stereocenters. The van der Waals surface area contributed by atoms with Gasteiger partial charge in [0.25, 0.3) is 12.3 Å². The molecule has 1 spiro atoms. The Balaban J connectivity index is 1.10. The lowest BCUT2D eigenvalue weighted by atomic mass is 9.72. The summed E-state index contributed by atoms with van der Waals surface area (Å²) in [6.45, 7) is 12.9. The van der Waals surface area contributed by atoms with Crippen LogP contribution in [-0.2, 0) is 9.47 Å². The third-order valence-electron chi connectivity index (χ3n) is 9.13. The molecule has 16 heteroatoms. The lowest BCUT2D eigenvalue weighted by Crippen LogP contribution is -2.61. The summed E-state index contributed by atoms with van der Waals surface area (Å²) in [4.78, 5) is 39.3. The van der Waals surface area contributed by atoms with Crippen molar-refractivity contribution in [2.75, 3.05) is 50.8 Å². The summed E-state index contributed by atoms with van der Waals surface area (Å²) in [6.07, 6.45) is 3.80. The molecular weight excluding hydrogens is 675 g/mol. The van der Waals surface area contributed by atoms with Crippen molar-refractivity contribution in [1.29, 1.82) is 0 Å². The maximum absolute atomic E-state index is 14.3. The van der Waals surface area contributed by atoms with E-state index >= 15 is 0 Å². The van der Waals surface area contributed by atoms with Gasteiger partial charge < -0.3 is 28.9 Å². The van der Waals surface area contributed by atoms with E-state index in [0.717, 1.165) is 87.6 Å². The Morgan fingerprint density at radius 3 is 2.54 bits per heavy atom. The van der Waals surface area contributed by atoms with E-state index in [2.05, 4.69) is 29.2 Å². The molecule has 0 radical (unpaired) electrons. The standard InChI is InChI=1S/C34H48F3N7O5S/c1-22(2)44(17-29(36)37)31(45)26-14-23(35)6-9-27(26)48-28-15-38-21-39-30(28)43-19-34(20-43)10-12-42(13-11-34)16-25-8-7-24(18-47-25)40-50-41-32(46)49-33(3,4)5/h6,9,14-15,21-22,24-25,29,40H,7-8,10-13,16-20H2,1-5H3,(H,41,46)/t24-,25+/m1/s1. The highest BCUT2D eigenvalue weighted by Gasteiger charge is 2.46. The quantitative estimate of drug-likeness (QED) is 0.265. The summed E-state index contributed by atoms with van der Waals surface area (Å²) in [5, 5.41) is 0. The van der Waals surface area contributed by atoms with Gasteiger partial charge in [0, 0.05) is 49.3 Å². The molecule has 0 bridgehead atoms. The van der Waals surface area contributed by atoms with Gasteiger partial charge in [-0.3, -0.25) is 9.52 Å². The number of nitrogens with zero attached hydrogens (tertiary/aromatic N) is 5. The van der Waals surface area contributed by atoms with E-state index in [1.807, 2.05) is 20.8 Å². The predicted molar refractivity (Wildman–Crippen MR) is 184 cm³/mol. The van der Waals surface area contributed by atoms with E-state index in [0.29, 0.717) is 18.2 Å². The fourth-order valence-electron chi connectivity index (χ4n) is 6.55. The molecule has 0 aliphatic carbocycles. The van der Waals surface area contributed by atoms with E-state index in [-0.39, 0.29) is 28.9 Å². The number of ether oxygens (including phenoxy) is 3. The number of likely N-dealkylation sites (tertiary alicyclic amines) is 1. The van der Waals surface area contributed by atoms with Crippen molar-refractivity contribution in [2.45, 2.75) is 90.5 Å². The largest absolute Gasteiger partial charge is 0.451 e. The minimum atomic E-state index is -2.74. The second-order valence-corrected chi connectivity index (χ2v) is 15.2. The molecule has 0 saturated carbocycles. The molecule has 12 nitrogen and oxygen atoms in total. The smallest absolute Gasteiger partial charge is 0.418 e. The first kappa shape index (κ1) is 37.9. The first-order chi connectivity index (χ1) is 23.7. The van der Waals surface area contributed by atoms with Gasteiger partial charge in [-0.2, -0.15) is 0 Å².